The summed E-state index contributed by atoms with van der Waals surface area (Å²) in [6.45, 7) is 3.89. The highest BCUT2D eigenvalue weighted by Gasteiger charge is 2.22. The van der Waals surface area contributed by atoms with Crippen LogP contribution in [-0.4, -0.2) is 28.5 Å². The maximum Gasteiger partial charge on any atom is 0.254 e. The van der Waals surface area contributed by atoms with Crippen molar-refractivity contribution in [2.45, 2.75) is 32.7 Å². The van der Waals surface area contributed by atoms with Gasteiger partial charge >= 0.3 is 0 Å². The van der Waals surface area contributed by atoms with Crippen molar-refractivity contribution < 1.29 is 9.53 Å². The van der Waals surface area contributed by atoms with Gasteiger partial charge in [-0.3, -0.25) is 9.59 Å². The molecule has 1 aromatic carbocycles. The third kappa shape index (κ3) is 3.41. The van der Waals surface area contributed by atoms with Gasteiger partial charge in [0.1, 0.15) is 18.2 Å². The number of aromatic nitrogens is 2. The van der Waals surface area contributed by atoms with E-state index >= 15 is 0 Å². The number of carbonyl (C=O) groups is 1. The molecule has 2 heterocycles. The molecule has 0 bridgehead atoms. The molecule has 6 heteroatoms. The first kappa shape index (κ1) is 15.3. The normalized spacial score (nSPS) is 16.3. The highest BCUT2D eigenvalue weighted by Crippen LogP contribution is 2.23. The highest BCUT2D eigenvalue weighted by atomic mass is 16.5. The fourth-order valence-electron chi connectivity index (χ4n) is 2.82. The van der Waals surface area contributed by atoms with E-state index in [1.54, 1.807) is 13.8 Å². The molecule has 1 aromatic heterocycles. The van der Waals surface area contributed by atoms with Crippen LogP contribution >= 0.6 is 0 Å². The Hall–Kier alpha value is -2.63. The van der Waals surface area contributed by atoms with Crippen molar-refractivity contribution in [3.05, 3.63) is 57.3 Å². The van der Waals surface area contributed by atoms with Crippen LogP contribution < -0.4 is 15.6 Å². The molecule has 0 unspecified atom stereocenters. The maximum atomic E-state index is 12.2. The van der Waals surface area contributed by atoms with E-state index < -0.39 is 0 Å². The van der Waals surface area contributed by atoms with E-state index in [9.17, 15) is 9.59 Å². The predicted octanol–water partition coefficient (Wildman–Crippen LogP) is 1.05. The van der Waals surface area contributed by atoms with Crippen LogP contribution in [0.4, 0.5) is 0 Å². The molecule has 2 N–H and O–H groups in total. The number of amides is 1. The number of benzene rings is 1. The molecule has 6 nitrogen and oxygen atoms in total. The number of para-hydroxylation sites is 1. The molecule has 1 atom stereocenters. The Labute approximate surface area is 133 Å². The van der Waals surface area contributed by atoms with Gasteiger partial charge < -0.3 is 15.0 Å². The summed E-state index contributed by atoms with van der Waals surface area (Å²) in [7, 11) is 0. The van der Waals surface area contributed by atoms with Gasteiger partial charge in [0, 0.05) is 11.3 Å². The van der Waals surface area contributed by atoms with Gasteiger partial charge in [-0.1, -0.05) is 18.2 Å². The van der Waals surface area contributed by atoms with Crippen LogP contribution in [0.3, 0.4) is 0 Å². The van der Waals surface area contributed by atoms with Crippen molar-refractivity contribution in [2.24, 2.45) is 0 Å². The van der Waals surface area contributed by atoms with Crippen molar-refractivity contribution in [3.8, 4) is 5.75 Å². The second-order valence-electron chi connectivity index (χ2n) is 5.78. The van der Waals surface area contributed by atoms with Gasteiger partial charge in [-0.15, -0.1) is 0 Å². The summed E-state index contributed by atoms with van der Waals surface area (Å²) in [5.41, 5.74) is 1.82. The number of ether oxygens (including phenoxy) is 1. The molecule has 1 aliphatic rings. The molecule has 0 radical (unpaired) electrons. The van der Waals surface area contributed by atoms with Crippen molar-refractivity contribution in [3.63, 3.8) is 0 Å². The molecule has 23 heavy (non-hydrogen) atoms. The molecule has 2 aromatic rings. The second-order valence-corrected chi connectivity index (χ2v) is 5.78. The van der Waals surface area contributed by atoms with Crippen LogP contribution in [0.25, 0.3) is 0 Å². The minimum absolute atomic E-state index is 0.0204. The standard InChI is InChI=1S/C17H19N3O3/c1-10-14(17(22)19-11(2)18-10)8-16(21)20-13-7-12-5-3-4-6-15(12)23-9-13/h3-6,13H,7-9H2,1-2H3,(H,20,21)(H,18,19,22)/t13-/m1/s1. The average Bonchev–Trinajstić information content (AvgIpc) is 2.51. The Balaban J connectivity index is 1.66. The van der Waals surface area contributed by atoms with Gasteiger partial charge in [0.15, 0.2) is 0 Å². The third-order valence-electron chi connectivity index (χ3n) is 3.92. The van der Waals surface area contributed by atoms with E-state index in [-0.39, 0.29) is 23.9 Å². The lowest BCUT2D eigenvalue weighted by molar-refractivity contribution is -0.121. The predicted molar refractivity (Wildman–Crippen MR) is 85.6 cm³/mol. The highest BCUT2D eigenvalue weighted by molar-refractivity contribution is 5.79. The monoisotopic (exact) mass is 313 g/mol. The Morgan fingerprint density at radius 2 is 2.17 bits per heavy atom. The minimum Gasteiger partial charge on any atom is -0.491 e. The Morgan fingerprint density at radius 1 is 1.39 bits per heavy atom. The van der Waals surface area contributed by atoms with E-state index in [2.05, 4.69) is 15.3 Å². The summed E-state index contributed by atoms with van der Waals surface area (Å²) >= 11 is 0. The maximum absolute atomic E-state index is 12.2. The van der Waals surface area contributed by atoms with E-state index in [1.165, 1.54) is 0 Å². The molecule has 1 amide bonds. The van der Waals surface area contributed by atoms with Crippen molar-refractivity contribution in [2.75, 3.05) is 6.61 Å². The number of fused-ring (bicyclic) bond motifs is 1. The van der Waals surface area contributed by atoms with Crippen molar-refractivity contribution in [1.29, 1.82) is 0 Å². The lowest BCUT2D eigenvalue weighted by Gasteiger charge is -2.26. The number of hydrogen-bond acceptors (Lipinski definition) is 4. The molecular formula is C17H19N3O3. The van der Waals surface area contributed by atoms with Crippen LogP contribution in [0.2, 0.25) is 0 Å². The molecular weight excluding hydrogens is 294 g/mol. The smallest absolute Gasteiger partial charge is 0.254 e. The summed E-state index contributed by atoms with van der Waals surface area (Å²) in [6, 6.07) is 7.71. The molecule has 120 valence electrons. The minimum atomic E-state index is -0.254. The van der Waals surface area contributed by atoms with Crippen molar-refractivity contribution in [1.82, 2.24) is 15.3 Å². The zero-order valence-electron chi connectivity index (χ0n) is 13.2. The zero-order valence-corrected chi connectivity index (χ0v) is 13.2. The van der Waals surface area contributed by atoms with E-state index in [0.717, 1.165) is 17.7 Å². The largest absolute Gasteiger partial charge is 0.491 e. The first-order valence-corrected chi connectivity index (χ1v) is 7.59. The van der Waals surface area contributed by atoms with Crippen molar-refractivity contribution >= 4 is 5.91 Å². The first-order valence-electron chi connectivity index (χ1n) is 7.59. The van der Waals surface area contributed by atoms with Gasteiger partial charge in [0.05, 0.1) is 12.5 Å². The van der Waals surface area contributed by atoms with Crippen LogP contribution in [0, 0.1) is 13.8 Å². The number of aryl methyl sites for hydroxylation is 2. The molecule has 0 fully saturated rings. The number of nitrogens with zero attached hydrogens (tertiary/aromatic N) is 1. The topological polar surface area (TPSA) is 84.1 Å². The molecule has 0 aliphatic carbocycles. The number of nitrogens with one attached hydrogen (secondary N) is 2. The fraction of sp³-hybridized carbons (Fsp3) is 0.353. The van der Waals surface area contributed by atoms with Gasteiger partial charge in [-0.2, -0.15) is 0 Å². The molecule has 0 spiro atoms. The summed E-state index contributed by atoms with van der Waals surface area (Å²) in [6.07, 6.45) is 0.746. The van der Waals surface area contributed by atoms with Gasteiger partial charge in [0.25, 0.3) is 5.56 Å². The molecule has 1 aliphatic heterocycles. The average molecular weight is 313 g/mol. The Bertz CT molecular complexity index is 798. The Kier molecular flexibility index (Phi) is 4.14. The van der Waals surface area contributed by atoms with E-state index in [0.29, 0.717) is 23.7 Å². The quantitative estimate of drug-likeness (QED) is 0.887. The number of hydrogen-bond donors (Lipinski definition) is 2. The van der Waals surface area contributed by atoms with Gasteiger partial charge in [-0.25, -0.2) is 4.98 Å². The number of rotatable bonds is 3. The Morgan fingerprint density at radius 3 is 2.96 bits per heavy atom. The zero-order chi connectivity index (χ0) is 16.4. The summed E-state index contributed by atoms with van der Waals surface area (Å²) in [4.78, 5) is 31.0. The number of carbonyl (C=O) groups excluding carboxylic acids is 1. The fourth-order valence-corrected chi connectivity index (χ4v) is 2.82. The summed E-state index contributed by atoms with van der Waals surface area (Å²) in [5, 5.41) is 2.93. The lowest BCUT2D eigenvalue weighted by Crippen LogP contribution is -2.43. The summed E-state index contributed by atoms with van der Waals surface area (Å²) < 4.78 is 5.66. The molecule has 0 saturated carbocycles. The number of H-pyrrole nitrogens is 1. The first-order chi connectivity index (χ1) is 11.0. The lowest BCUT2D eigenvalue weighted by atomic mass is 10.0. The van der Waals surface area contributed by atoms with Gasteiger partial charge in [0.2, 0.25) is 5.91 Å². The van der Waals surface area contributed by atoms with E-state index in [4.69, 9.17) is 4.74 Å². The van der Waals surface area contributed by atoms with Gasteiger partial charge in [-0.05, 0) is 31.9 Å². The van der Waals surface area contributed by atoms with Crippen LogP contribution in [0.15, 0.2) is 29.1 Å². The van der Waals surface area contributed by atoms with Crippen LogP contribution in [-0.2, 0) is 17.6 Å². The molecule has 0 saturated heterocycles. The third-order valence-corrected chi connectivity index (χ3v) is 3.92. The van der Waals surface area contributed by atoms with Crippen LogP contribution in [0.5, 0.6) is 5.75 Å². The van der Waals surface area contributed by atoms with Crippen LogP contribution in [0.1, 0.15) is 22.6 Å². The SMILES string of the molecule is Cc1nc(C)c(CC(=O)N[C@H]2COc3ccccc3C2)c(=O)[nH]1. The van der Waals surface area contributed by atoms with E-state index in [1.807, 2.05) is 24.3 Å². The molecule has 3 rings (SSSR count). The number of aromatic amines is 1. The second kappa shape index (κ2) is 6.24. The summed E-state index contributed by atoms with van der Waals surface area (Å²) in [5.74, 6) is 1.22.